The van der Waals surface area contributed by atoms with E-state index in [-0.39, 0.29) is 11.8 Å². The van der Waals surface area contributed by atoms with Gasteiger partial charge in [0.05, 0.1) is 33.5 Å². The van der Waals surface area contributed by atoms with Gasteiger partial charge in [0.2, 0.25) is 5.91 Å². The van der Waals surface area contributed by atoms with Crippen LogP contribution in [0.15, 0.2) is 36.4 Å². The van der Waals surface area contributed by atoms with Gasteiger partial charge in [-0.05, 0) is 49.8 Å². The first-order chi connectivity index (χ1) is 14.8. The maximum atomic E-state index is 12.1. The average molecular weight is 476 g/mol. The number of rotatable bonds is 8. The molecule has 7 heteroatoms. The van der Waals surface area contributed by atoms with Crippen LogP contribution in [0.3, 0.4) is 0 Å². The summed E-state index contributed by atoms with van der Waals surface area (Å²) in [5.74, 6) is -0.0816. The van der Waals surface area contributed by atoms with E-state index in [1.165, 1.54) is 4.88 Å². The second-order valence-corrected chi connectivity index (χ2v) is 9.65. The number of hydrogen-bond donors (Lipinski definition) is 1. The molecule has 1 aromatic carbocycles. The lowest BCUT2D eigenvalue weighted by atomic mass is 10.1. The Hall–Kier alpha value is -2.08. The number of benzene rings is 1. The second-order valence-electron chi connectivity index (χ2n) is 7.69. The van der Waals surface area contributed by atoms with Crippen LogP contribution in [0.2, 0.25) is 10.0 Å². The van der Waals surface area contributed by atoms with Crippen molar-refractivity contribution in [2.45, 2.75) is 47.1 Å². The molecule has 2 aromatic heterocycles. The van der Waals surface area contributed by atoms with Gasteiger partial charge in [0.25, 0.3) is 0 Å². The molecule has 0 aliphatic rings. The van der Waals surface area contributed by atoms with Gasteiger partial charge in [-0.3, -0.25) is 4.79 Å². The highest BCUT2D eigenvalue weighted by Crippen LogP contribution is 2.36. The Kier molecular flexibility index (Phi) is 7.98. The van der Waals surface area contributed by atoms with E-state index in [4.69, 9.17) is 28.3 Å². The zero-order chi connectivity index (χ0) is 22.5. The van der Waals surface area contributed by atoms with Crippen LogP contribution in [0.4, 0.5) is 0 Å². The lowest BCUT2D eigenvalue weighted by molar-refractivity contribution is -0.124. The Bertz CT molecular complexity index is 1100. The highest BCUT2D eigenvalue weighted by molar-refractivity contribution is 7.16. The van der Waals surface area contributed by atoms with Crippen LogP contribution in [-0.4, -0.2) is 15.7 Å². The molecule has 164 valence electrons. The molecule has 0 bridgehead atoms. The van der Waals surface area contributed by atoms with Crippen LogP contribution in [0.5, 0.6) is 0 Å². The number of thiophene rings is 1. The highest BCUT2D eigenvalue weighted by Gasteiger charge is 2.21. The first kappa shape index (κ1) is 23.6. The van der Waals surface area contributed by atoms with Gasteiger partial charge in [0.1, 0.15) is 0 Å². The number of amides is 1. The minimum Gasteiger partial charge on any atom is -0.350 e. The molecule has 0 atom stereocenters. The summed E-state index contributed by atoms with van der Waals surface area (Å²) in [6.45, 7) is 8.31. The third-order valence-electron chi connectivity index (χ3n) is 4.91. The Morgan fingerprint density at radius 1 is 1.26 bits per heavy atom. The highest BCUT2D eigenvalue weighted by atomic mass is 35.5. The summed E-state index contributed by atoms with van der Waals surface area (Å²) in [5.41, 5.74) is 3.55. The van der Waals surface area contributed by atoms with Gasteiger partial charge < -0.3 is 5.32 Å². The van der Waals surface area contributed by atoms with Gasteiger partial charge in [-0.25, -0.2) is 4.68 Å². The van der Waals surface area contributed by atoms with Gasteiger partial charge in [-0.15, -0.1) is 11.3 Å². The van der Waals surface area contributed by atoms with Gasteiger partial charge in [-0.2, -0.15) is 5.10 Å². The Morgan fingerprint density at radius 3 is 2.71 bits per heavy atom. The minimum absolute atomic E-state index is 0.000466. The van der Waals surface area contributed by atoms with Crippen molar-refractivity contribution in [3.05, 3.63) is 62.6 Å². The third kappa shape index (κ3) is 5.59. The van der Waals surface area contributed by atoms with Crippen molar-refractivity contribution in [3.8, 4) is 16.3 Å². The fourth-order valence-electron chi connectivity index (χ4n) is 3.14. The molecule has 0 radical (unpaired) electrons. The minimum atomic E-state index is -0.0812. The van der Waals surface area contributed by atoms with E-state index >= 15 is 0 Å². The second kappa shape index (κ2) is 10.5. The molecule has 4 nitrogen and oxygen atoms in total. The molecular weight excluding hydrogens is 449 g/mol. The molecule has 0 fully saturated rings. The summed E-state index contributed by atoms with van der Waals surface area (Å²) >= 11 is 14.3. The fraction of sp³-hybridized carbons (Fsp3) is 0.333. The number of aromatic nitrogens is 2. The van der Waals surface area contributed by atoms with Gasteiger partial charge >= 0.3 is 0 Å². The van der Waals surface area contributed by atoms with Crippen molar-refractivity contribution < 1.29 is 4.79 Å². The lowest BCUT2D eigenvalue weighted by Gasteiger charge is -2.09. The van der Waals surface area contributed by atoms with E-state index in [1.807, 2.05) is 31.5 Å². The molecule has 31 heavy (non-hydrogen) atoms. The number of nitrogens with zero attached hydrogens (tertiary/aromatic N) is 2. The first-order valence-electron chi connectivity index (χ1n) is 10.4. The van der Waals surface area contributed by atoms with E-state index < -0.39 is 0 Å². The number of carbonyl (C=O) groups excluding carboxylic acids is 1. The Balaban J connectivity index is 2.06. The SMILES string of the molecule is CCC/C=C/c1ccc(-c2c(C)c(CNC(=O)C(C)C)nn2-c2ccc(Cl)cc2Cl)s1. The Morgan fingerprint density at radius 2 is 2.03 bits per heavy atom. The quantitative estimate of drug-likeness (QED) is 0.371. The topological polar surface area (TPSA) is 46.9 Å². The van der Waals surface area contributed by atoms with Crippen molar-refractivity contribution in [2.24, 2.45) is 5.92 Å². The zero-order valence-corrected chi connectivity index (χ0v) is 20.5. The summed E-state index contributed by atoms with van der Waals surface area (Å²) in [6.07, 6.45) is 6.54. The molecule has 0 aliphatic heterocycles. The van der Waals surface area contributed by atoms with E-state index in [0.717, 1.165) is 40.4 Å². The molecule has 2 heterocycles. The van der Waals surface area contributed by atoms with E-state index in [2.05, 4.69) is 36.5 Å². The predicted molar refractivity (Wildman–Crippen MR) is 132 cm³/mol. The summed E-state index contributed by atoms with van der Waals surface area (Å²) < 4.78 is 1.86. The maximum Gasteiger partial charge on any atom is 0.222 e. The monoisotopic (exact) mass is 475 g/mol. The smallest absolute Gasteiger partial charge is 0.222 e. The molecule has 0 spiro atoms. The van der Waals surface area contributed by atoms with Crippen molar-refractivity contribution in [3.63, 3.8) is 0 Å². The lowest BCUT2D eigenvalue weighted by Crippen LogP contribution is -2.27. The molecule has 0 unspecified atom stereocenters. The average Bonchev–Trinajstić information content (AvgIpc) is 3.30. The molecule has 3 aromatic rings. The number of unbranched alkanes of at least 4 members (excludes halogenated alkanes) is 1. The standard InChI is InChI=1S/C24H27Cl2N3OS/c1-5-6-7-8-18-10-12-22(31-18)23-16(4)20(14-27-24(30)15(2)3)28-29(23)21-11-9-17(25)13-19(21)26/h7-13,15H,5-6,14H2,1-4H3,(H,27,30)/b8-7+. The van der Waals surface area contributed by atoms with Crippen molar-refractivity contribution in [2.75, 3.05) is 0 Å². The molecule has 3 rings (SSSR count). The predicted octanol–water partition coefficient (Wildman–Crippen LogP) is 7.30. The largest absolute Gasteiger partial charge is 0.350 e. The van der Waals surface area contributed by atoms with Crippen LogP contribution in [-0.2, 0) is 11.3 Å². The van der Waals surface area contributed by atoms with Gasteiger partial charge in [0.15, 0.2) is 0 Å². The molecule has 1 amide bonds. The van der Waals surface area contributed by atoms with Crippen LogP contribution in [0, 0.1) is 12.8 Å². The van der Waals surface area contributed by atoms with Crippen LogP contribution >= 0.6 is 34.5 Å². The van der Waals surface area contributed by atoms with Crippen molar-refractivity contribution in [1.29, 1.82) is 0 Å². The van der Waals surface area contributed by atoms with E-state index in [9.17, 15) is 4.79 Å². The summed E-state index contributed by atoms with van der Waals surface area (Å²) in [4.78, 5) is 14.4. The maximum absolute atomic E-state index is 12.1. The summed E-state index contributed by atoms with van der Waals surface area (Å²) in [5, 5.41) is 8.89. The van der Waals surface area contributed by atoms with Crippen LogP contribution < -0.4 is 5.32 Å². The van der Waals surface area contributed by atoms with Crippen LogP contribution in [0.1, 0.15) is 49.7 Å². The molecule has 0 saturated carbocycles. The normalized spacial score (nSPS) is 11.6. The fourth-order valence-corrected chi connectivity index (χ4v) is 4.65. The summed E-state index contributed by atoms with van der Waals surface area (Å²) in [7, 11) is 0. The van der Waals surface area contributed by atoms with Crippen molar-refractivity contribution >= 4 is 46.5 Å². The molecule has 0 aliphatic carbocycles. The van der Waals surface area contributed by atoms with E-state index in [1.54, 1.807) is 23.5 Å². The van der Waals surface area contributed by atoms with Gasteiger partial charge in [-0.1, -0.05) is 56.5 Å². The molecule has 0 saturated heterocycles. The van der Waals surface area contributed by atoms with Crippen molar-refractivity contribution in [1.82, 2.24) is 15.1 Å². The molecular formula is C24H27Cl2N3OS. The summed E-state index contributed by atoms with van der Waals surface area (Å²) in [6, 6.07) is 9.61. The van der Waals surface area contributed by atoms with E-state index in [0.29, 0.717) is 16.6 Å². The number of allylic oxidation sites excluding steroid dienone is 1. The number of halogens is 2. The first-order valence-corrected chi connectivity index (χ1v) is 12.0. The van der Waals surface area contributed by atoms with Crippen LogP contribution in [0.25, 0.3) is 22.3 Å². The number of carbonyl (C=O) groups is 1. The zero-order valence-electron chi connectivity index (χ0n) is 18.2. The number of hydrogen-bond acceptors (Lipinski definition) is 3. The Labute approximate surface area is 197 Å². The molecule has 1 N–H and O–H groups in total. The third-order valence-corrected chi connectivity index (χ3v) is 6.51. The van der Waals surface area contributed by atoms with Gasteiger partial charge in [0, 0.05) is 21.4 Å². The number of nitrogens with one attached hydrogen (secondary N) is 1.